The predicted octanol–water partition coefficient (Wildman–Crippen LogP) is 36.2. The Labute approximate surface area is 854 Å². The van der Waals surface area contributed by atoms with Crippen LogP contribution in [0.3, 0.4) is 0 Å². The van der Waals surface area contributed by atoms with Crippen LogP contribution in [0.15, 0.2) is 517 Å². The Bertz CT molecular complexity index is 10600. The number of fused-ring (bicyclic) bond motifs is 20. The highest BCUT2D eigenvalue weighted by atomic mass is 16.3. The fourth-order valence-corrected chi connectivity index (χ4v) is 21.6. The molecule has 694 valence electrons. The number of nitrogens with zero attached hydrogens (tertiary/aromatic N) is 9. The van der Waals surface area contributed by atoms with Gasteiger partial charge in [-0.3, -0.25) is 0 Å². The fraction of sp³-hybridized carbons (Fsp3) is 0. The molecule has 0 aliphatic heterocycles. The molecule has 0 spiro atoms. The van der Waals surface area contributed by atoms with Gasteiger partial charge in [-0.05, 0) is 204 Å². The molecule has 0 aliphatic carbocycles. The van der Waals surface area contributed by atoms with Crippen LogP contribution in [-0.4, -0.2) is 44.9 Å². The van der Waals surface area contributed by atoms with E-state index < -0.39 is 0 Å². The first-order valence-corrected chi connectivity index (χ1v) is 50.0. The highest BCUT2D eigenvalue weighted by Crippen LogP contribution is 2.48. The fourth-order valence-electron chi connectivity index (χ4n) is 21.6. The molecule has 0 saturated carbocycles. The maximum absolute atomic E-state index is 6.29. The molecule has 12 nitrogen and oxygen atoms in total. The molecule has 0 saturated heterocycles. The SMILES string of the molecule is c1ccc(-c2cc(-c3nc(-c4ccc5ccccc5c4)nc(-c4cccc5oc6ccccc6c45)n3)c3ccc4ccccc4c3c2)cc1.c1ccc(-c2ccc(-c3nc(-c4cccc5oc6ccccc6c45)nc(-c4ccc(-c5ccccc5)c5ccc6ccccc6c45)n3)cc2)cc1.c1ccc(-c2ccc3c(c2)c(-c2nc(-c4ccc5ccccc5c4)nc(-c4cccc5oc6ccccc6c45)n2)cc2ccccc23)cc1. The molecule has 0 radical (unpaired) electrons. The van der Waals surface area contributed by atoms with E-state index in [1.165, 1.54) is 38.1 Å². The number of para-hydroxylation sites is 3. The first-order valence-electron chi connectivity index (χ1n) is 50.0. The van der Waals surface area contributed by atoms with Gasteiger partial charge in [0.1, 0.15) is 33.5 Å². The van der Waals surface area contributed by atoms with Crippen LogP contribution in [0, 0.1) is 0 Å². The number of aromatic nitrogens is 9. The second-order valence-electron chi connectivity index (χ2n) is 37.6. The van der Waals surface area contributed by atoms with Crippen LogP contribution in [0.4, 0.5) is 0 Å². The van der Waals surface area contributed by atoms with Crippen molar-refractivity contribution in [2.75, 3.05) is 0 Å². The standard InChI is InChI=1S/C47H29N3O.2C45H27N3O/c1-3-12-30(13-4-1)31-22-24-34(25-23-31)45-48-46(39-19-11-21-42-44(39)38-18-9-10-20-41(38)51-42)50-47(49-45)40-29-28-35(32-14-5-2-6-15-32)37-27-26-33-16-7-8-17-36(33)43(37)40;1-2-11-28(12-3-1)33-26-38-34-16-7-6-14-30(34)23-24-35(38)39(27-33)45-47-43(32-22-21-29-13-4-5-15-31(29)25-32)46-44(48-45)37-18-10-20-41-42(37)36-17-8-9-19-40(36)49-41;1-2-11-28(12-3-1)31-23-24-35-34-16-7-6-15-32(34)27-39(38(35)26-31)45-47-43(33-22-21-29-13-4-5-14-30(29)25-33)46-44(48-45)37-18-10-20-41-42(37)36-17-8-9-19-40(36)49-41/h1-29H;2*1-27H. The lowest BCUT2D eigenvalue weighted by Gasteiger charge is -2.15. The summed E-state index contributed by atoms with van der Waals surface area (Å²) in [6.07, 6.45) is 0. The van der Waals surface area contributed by atoms with Gasteiger partial charge >= 0.3 is 0 Å². The van der Waals surface area contributed by atoms with E-state index in [0.29, 0.717) is 52.4 Å². The van der Waals surface area contributed by atoms with E-state index in [-0.39, 0.29) is 0 Å². The van der Waals surface area contributed by atoms with Crippen molar-refractivity contribution in [3.8, 4) is 147 Å². The maximum atomic E-state index is 6.29. The number of hydrogen-bond donors (Lipinski definition) is 0. The summed E-state index contributed by atoms with van der Waals surface area (Å²) in [5, 5.41) is 24.5. The first-order chi connectivity index (χ1) is 73.8. The first kappa shape index (κ1) is 86.7. The molecule has 0 atom stereocenters. The topological polar surface area (TPSA) is 155 Å². The zero-order chi connectivity index (χ0) is 98.4. The summed E-state index contributed by atoms with van der Waals surface area (Å²) in [4.78, 5) is 47.2. The quantitative estimate of drug-likeness (QED) is 0.101. The molecular formula is C137H83N9O3. The monoisotopic (exact) mass is 1900 g/mol. The number of furan rings is 3. The lowest BCUT2D eigenvalue weighted by molar-refractivity contribution is 0.668. The van der Waals surface area contributed by atoms with Gasteiger partial charge < -0.3 is 13.3 Å². The highest BCUT2D eigenvalue weighted by Gasteiger charge is 2.27. The largest absolute Gasteiger partial charge is 0.456 e. The Morgan fingerprint density at radius 2 is 0.409 bits per heavy atom. The lowest BCUT2D eigenvalue weighted by atomic mass is 9.91. The van der Waals surface area contributed by atoms with E-state index in [2.05, 4.69) is 400 Å². The number of benzene rings is 24. The Morgan fingerprint density at radius 3 is 0.899 bits per heavy atom. The zero-order valence-corrected chi connectivity index (χ0v) is 80.2. The van der Waals surface area contributed by atoms with Gasteiger partial charge in [0.05, 0.1) is 0 Å². The normalized spacial score (nSPS) is 11.6. The third-order valence-electron chi connectivity index (χ3n) is 28.8. The van der Waals surface area contributed by atoms with E-state index in [9.17, 15) is 0 Å². The van der Waals surface area contributed by atoms with Crippen molar-refractivity contribution in [1.29, 1.82) is 0 Å². The molecule has 12 heteroatoms. The van der Waals surface area contributed by atoms with E-state index in [4.69, 9.17) is 58.1 Å². The third-order valence-corrected chi connectivity index (χ3v) is 28.8. The Kier molecular flexibility index (Phi) is 21.3. The summed E-state index contributed by atoms with van der Waals surface area (Å²) in [7, 11) is 0. The maximum Gasteiger partial charge on any atom is 0.164 e. The second-order valence-corrected chi connectivity index (χ2v) is 37.6. The molecule has 6 heterocycles. The zero-order valence-electron chi connectivity index (χ0n) is 80.2. The summed E-state index contributed by atoms with van der Waals surface area (Å²) in [5.41, 5.74) is 22.5. The van der Waals surface area contributed by atoms with Gasteiger partial charge in [-0.15, -0.1) is 0 Å². The third kappa shape index (κ3) is 15.8. The molecule has 0 amide bonds. The minimum absolute atomic E-state index is 0.597. The van der Waals surface area contributed by atoms with Crippen LogP contribution >= 0.6 is 0 Å². The van der Waals surface area contributed by atoms with Crippen LogP contribution in [0.25, 0.3) is 299 Å². The smallest absolute Gasteiger partial charge is 0.164 e. The van der Waals surface area contributed by atoms with Gasteiger partial charge in [0.15, 0.2) is 52.4 Å². The molecule has 0 aliphatic rings. The van der Waals surface area contributed by atoms with Crippen LogP contribution in [0.5, 0.6) is 0 Å². The van der Waals surface area contributed by atoms with Crippen molar-refractivity contribution >= 4 is 152 Å². The summed E-state index contributed by atoms with van der Waals surface area (Å²) in [5.74, 6) is 5.52. The average molecular weight is 1900 g/mol. The molecule has 30 aromatic rings. The van der Waals surface area contributed by atoms with Gasteiger partial charge in [-0.25, -0.2) is 44.9 Å². The van der Waals surface area contributed by atoms with Gasteiger partial charge in [-0.1, -0.05) is 425 Å². The number of rotatable bonds is 13. The van der Waals surface area contributed by atoms with Crippen LogP contribution in [0.1, 0.15) is 0 Å². The molecule has 0 unspecified atom stereocenters. The lowest BCUT2D eigenvalue weighted by Crippen LogP contribution is -2.01. The van der Waals surface area contributed by atoms with Crippen molar-refractivity contribution in [2.24, 2.45) is 0 Å². The molecule has 0 bridgehead atoms. The molecule has 6 aromatic heterocycles. The van der Waals surface area contributed by atoms with Crippen molar-refractivity contribution in [2.45, 2.75) is 0 Å². The molecular weight excluding hydrogens is 1820 g/mol. The summed E-state index contributed by atoms with van der Waals surface area (Å²) < 4.78 is 18.9. The van der Waals surface area contributed by atoms with Crippen molar-refractivity contribution in [1.82, 2.24) is 44.9 Å². The average Bonchev–Trinajstić information content (AvgIpc) is 1.36. The predicted molar refractivity (Wildman–Crippen MR) is 612 cm³/mol. The number of hydrogen-bond acceptors (Lipinski definition) is 12. The highest BCUT2D eigenvalue weighted by molar-refractivity contribution is 6.21. The van der Waals surface area contributed by atoms with E-state index in [0.717, 1.165) is 209 Å². The van der Waals surface area contributed by atoms with Crippen LogP contribution < -0.4 is 0 Å². The van der Waals surface area contributed by atoms with E-state index in [1.54, 1.807) is 0 Å². The summed E-state index contributed by atoms with van der Waals surface area (Å²) >= 11 is 0. The molecule has 0 N–H and O–H groups in total. The van der Waals surface area contributed by atoms with E-state index in [1.807, 2.05) is 103 Å². The second kappa shape index (κ2) is 36.6. The Balaban J connectivity index is 0.000000108. The molecule has 149 heavy (non-hydrogen) atoms. The van der Waals surface area contributed by atoms with E-state index >= 15 is 0 Å². The summed E-state index contributed by atoms with van der Waals surface area (Å²) in [6, 6.07) is 175. The van der Waals surface area contributed by atoms with Crippen molar-refractivity contribution < 1.29 is 13.3 Å². The summed E-state index contributed by atoms with van der Waals surface area (Å²) in [6.45, 7) is 0. The molecule has 24 aromatic carbocycles. The minimum atomic E-state index is 0.597. The van der Waals surface area contributed by atoms with Gasteiger partial charge in [0.2, 0.25) is 0 Å². The minimum Gasteiger partial charge on any atom is -0.456 e. The molecule has 0 fully saturated rings. The van der Waals surface area contributed by atoms with Crippen LogP contribution in [-0.2, 0) is 0 Å². The van der Waals surface area contributed by atoms with Crippen LogP contribution in [0.2, 0.25) is 0 Å². The van der Waals surface area contributed by atoms with Gasteiger partial charge in [-0.2, -0.15) is 0 Å². The van der Waals surface area contributed by atoms with Crippen molar-refractivity contribution in [3.63, 3.8) is 0 Å². The Morgan fingerprint density at radius 1 is 0.107 bits per heavy atom. The van der Waals surface area contributed by atoms with Gasteiger partial charge in [0.25, 0.3) is 0 Å². The van der Waals surface area contributed by atoms with Crippen molar-refractivity contribution in [3.05, 3.63) is 504 Å². The molecule has 30 rings (SSSR count). The van der Waals surface area contributed by atoms with Gasteiger partial charge in [0, 0.05) is 87.8 Å². The Hall–Kier alpha value is -20.2.